The van der Waals surface area contributed by atoms with E-state index in [9.17, 15) is 13.2 Å². The SMILES string of the molecule is CNC(C)c1cnn(-c2ccc(C(F)(F)F)cc2)c1C. The van der Waals surface area contributed by atoms with E-state index in [1.807, 2.05) is 20.9 Å². The molecule has 1 heterocycles. The van der Waals surface area contributed by atoms with Gasteiger partial charge in [0.2, 0.25) is 0 Å². The molecule has 0 radical (unpaired) electrons. The molecule has 1 unspecified atom stereocenters. The highest BCUT2D eigenvalue weighted by molar-refractivity contribution is 5.38. The van der Waals surface area contributed by atoms with Gasteiger partial charge in [0, 0.05) is 17.3 Å². The lowest BCUT2D eigenvalue weighted by Crippen LogP contribution is -2.13. The summed E-state index contributed by atoms with van der Waals surface area (Å²) >= 11 is 0. The predicted molar refractivity (Wildman–Crippen MR) is 70.8 cm³/mol. The van der Waals surface area contributed by atoms with Crippen LogP contribution in [0.25, 0.3) is 5.69 Å². The van der Waals surface area contributed by atoms with Gasteiger partial charge in [-0.2, -0.15) is 18.3 Å². The van der Waals surface area contributed by atoms with Crippen LogP contribution in [-0.2, 0) is 6.18 Å². The second-order valence-electron chi connectivity index (χ2n) is 4.65. The Balaban J connectivity index is 2.36. The Labute approximate surface area is 115 Å². The van der Waals surface area contributed by atoms with Crippen molar-refractivity contribution in [3.05, 3.63) is 47.3 Å². The molecule has 0 fully saturated rings. The Bertz CT molecular complexity index is 585. The van der Waals surface area contributed by atoms with E-state index in [1.165, 1.54) is 12.1 Å². The number of halogens is 3. The quantitative estimate of drug-likeness (QED) is 0.934. The maximum absolute atomic E-state index is 12.5. The molecule has 0 amide bonds. The fourth-order valence-electron chi connectivity index (χ4n) is 2.05. The molecule has 0 aliphatic heterocycles. The molecule has 3 nitrogen and oxygen atoms in total. The minimum Gasteiger partial charge on any atom is -0.313 e. The Morgan fingerprint density at radius 2 is 1.80 bits per heavy atom. The van der Waals surface area contributed by atoms with Gasteiger partial charge in [0.05, 0.1) is 17.4 Å². The van der Waals surface area contributed by atoms with Gasteiger partial charge < -0.3 is 5.32 Å². The molecule has 0 spiro atoms. The lowest BCUT2D eigenvalue weighted by atomic mass is 10.1. The molecule has 0 bridgehead atoms. The molecule has 1 aromatic carbocycles. The Kier molecular flexibility index (Phi) is 3.85. The number of hydrogen-bond donors (Lipinski definition) is 1. The third-order valence-corrected chi connectivity index (χ3v) is 3.39. The molecular formula is C14H16F3N3. The van der Waals surface area contributed by atoms with Crippen LogP contribution in [0, 0.1) is 6.92 Å². The van der Waals surface area contributed by atoms with Crippen molar-refractivity contribution >= 4 is 0 Å². The summed E-state index contributed by atoms with van der Waals surface area (Å²) in [6, 6.07) is 5.13. The van der Waals surface area contributed by atoms with Crippen LogP contribution in [0.3, 0.4) is 0 Å². The van der Waals surface area contributed by atoms with E-state index in [-0.39, 0.29) is 6.04 Å². The third kappa shape index (κ3) is 2.70. The van der Waals surface area contributed by atoms with Gasteiger partial charge in [-0.25, -0.2) is 4.68 Å². The summed E-state index contributed by atoms with van der Waals surface area (Å²) in [5.74, 6) is 0. The fraction of sp³-hybridized carbons (Fsp3) is 0.357. The molecule has 2 rings (SSSR count). The van der Waals surface area contributed by atoms with Crippen LogP contribution in [0.1, 0.15) is 29.8 Å². The standard InChI is InChI=1S/C14H16F3N3/c1-9(18-3)13-8-19-20(10(13)2)12-6-4-11(5-7-12)14(15,16)17/h4-9,18H,1-3H3. The van der Waals surface area contributed by atoms with Crippen molar-refractivity contribution in [2.45, 2.75) is 26.1 Å². The van der Waals surface area contributed by atoms with E-state index in [1.54, 1.807) is 10.9 Å². The van der Waals surface area contributed by atoms with Crippen LogP contribution in [0.15, 0.2) is 30.5 Å². The number of alkyl halides is 3. The number of nitrogens with zero attached hydrogens (tertiary/aromatic N) is 2. The van der Waals surface area contributed by atoms with Gasteiger partial charge in [-0.1, -0.05) is 0 Å². The Morgan fingerprint density at radius 3 is 2.30 bits per heavy atom. The highest BCUT2D eigenvalue weighted by Gasteiger charge is 2.30. The van der Waals surface area contributed by atoms with Gasteiger partial charge in [-0.3, -0.25) is 0 Å². The van der Waals surface area contributed by atoms with Crippen molar-refractivity contribution in [3.8, 4) is 5.69 Å². The lowest BCUT2D eigenvalue weighted by molar-refractivity contribution is -0.137. The van der Waals surface area contributed by atoms with Gasteiger partial charge in [-0.15, -0.1) is 0 Å². The summed E-state index contributed by atoms with van der Waals surface area (Å²) in [7, 11) is 1.85. The summed E-state index contributed by atoms with van der Waals surface area (Å²) in [5, 5.41) is 7.36. The second-order valence-corrected chi connectivity index (χ2v) is 4.65. The largest absolute Gasteiger partial charge is 0.416 e. The first kappa shape index (κ1) is 14.6. The summed E-state index contributed by atoms with van der Waals surface area (Å²) in [5.41, 5.74) is 1.89. The molecular weight excluding hydrogens is 267 g/mol. The van der Waals surface area contributed by atoms with Crippen molar-refractivity contribution in [3.63, 3.8) is 0 Å². The van der Waals surface area contributed by atoms with Crippen LogP contribution in [0.2, 0.25) is 0 Å². The molecule has 1 N–H and O–H groups in total. The highest BCUT2D eigenvalue weighted by Crippen LogP contribution is 2.30. The summed E-state index contributed by atoms with van der Waals surface area (Å²) in [4.78, 5) is 0. The minimum atomic E-state index is -4.32. The van der Waals surface area contributed by atoms with E-state index in [0.29, 0.717) is 5.69 Å². The van der Waals surface area contributed by atoms with E-state index in [2.05, 4.69) is 10.4 Å². The summed E-state index contributed by atoms with van der Waals surface area (Å²) < 4.78 is 39.2. The van der Waals surface area contributed by atoms with E-state index in [0.717, 1.165) is 23.4 Å². The first-order valence-electron chi connectivity index (χ1n) is 6.24. The molecule has 20 heavy (non-hydrogen) atoms. The Morgan fingerprint density at radius 1 is 1.20 bits per heavy atom. The number of benzene rings is 1. The number of aromatic nitrogens is 2. The second kappa shape index (κ2) is 5.28. The predicted octanol–water partition coefficient (Wildman–Crippen LogP) is 3.48. The summed E-state index contributed by atoms with van der Waals surface area (Å²) in [6.45, 7) is 3.90. The average molecular weight is 283 g/mol. The smallest absolute Gasteiger partial charge is 0.313 e. The normalized spacial score (nSPS) is 13.5. The van der Waals surface area contributed by atoms with Crippen LogP contribution < -0.4 is 5.32 Å². The van der Waals surface area contributed by atoms with Crippen molar-refractivity contribution in [1.82, 2.24) is 15.1 Å². The molecule has 1 atom stereocenters. The van der Waals surface area contributed by atoms with Gasteiger partial charge in [-0.05, 0) is 45.2 Å². The van der Waals surface area contributed by atoms with E-state index in [4.69, 9.17) is 0 Å². The topological polar surface area (TPSA) is 29.9 Å². The zero-order valence-corrected chi connectivity index (χ0v) is 11.5. The van der Waals surface area contributed by atoms with Crippen LogP contribution in [0.5, 0.6) is 0 Å². The molecule has 0 saturated carbocycles. The van der Waals surface area contributed by atoms with Gasteiger partial charge in [0.15, 0.2) is 0 Å². The molecule has 6 heteroatoms. The Hall–Kier alpha value is -1.82. The molecule has 0 aliphatic carbocycles. The summed E-state index contributed by atoms with van der Waals surface area (Å²) in [6.07, 6.45) is -2.59. The first-order valence-corrected chi connectivity index (χ1v) is 6.24. The highest BCUT2D eigenvalue weighted by atomic mass is 19.4. The maximum Gasteiger partial charge on any atom is 0.416 e. The molecule has 0 saturated heterocycles. The van der Waals surface area contributed by atoms with Gasteiger partial charge in [0.25, 0.3) is 0 Å². The van der Waals surface area contributed by atoms with E-state index < -0.39 is 11.7 Å². The van der Waals surface area contributed by atoms with Gasteiger partial charge >= 0.3 is 6.18 Å². The van der Waals surface area contributed by atoms with Crippen molar-refractivity contribution < 1.29 is 13.2 Å². The van der Waals surface area contributed by atoms with Crippen molar-refractivity contribution in [2.24, 2.45) is 0 Å². The van der Waals surface area contributed by atoms with Crippen molar-refractivity contribution in [1.29, 1.82) is 0 Å². The van der Waals surface area contributed by atoms with Crippen molar-refractivity contribution in [2.75, 3.05) is 7.05 Å². The zero-order valence-electron chi connectivity index (χ0n) is 11.5. The average Bonchev–Trinajstić information content (AvgIpc) is 2.79. The minimum absolute atomic E-state index is 0.137. The van der Waals surface area contributed by atoms with E-state index >= 15 is 0 Å². The number of rotatable bonds is 3. The first-order chi connectivity index (χ1) is 9.34. The lowest BCUT2D eigenvalue weighted by Gasteiger charge is -2.11. The zero-order chi connectivity index (χ0) is 14.9. The van der Waals surface area contributed by atoms with Crippen LogP contribution >= 0.6 is 0 Å². The van der Waals surface area contributed by atoms with Crippen LogP contribution in [-0.4, -0.2) is 16.8 Å². The number of hydrogen-bond acceptors (Lipinski definition) is 2. The molecule has 108 valence electrons. The van der Waals surface area contributed by atoms with Gasteiger partial charge in [0.1, 0.15) is 0 Å². The maximum atomic E-state index is 12.5. The molecule has 1 aromatic heterocycles. The monoisotopic (exact) mass is 283 g/mol. The molecule has 2 aromatic rings. The third-order valence-electron chi connectivity index (χ3n) is 3.39. The molecule has 0 aliphatic rings. The fourth-order valence-corrected chi connectivity index (χ4v) is 2.05. The number of nitrogens with one attached hydrogen (secondary N) is 1. The van der Waals surface area contributed by atoms with Crippen LogP contribution in [0.4, 0.5) is 13.2 Å².